The van der Waals surface area contributed by atoms with Gasteiger partial charge in [-0.3, -0.25) is 0 Å². The van der Waals surface area contributed by atoms with E-state index in [1.165, 1.54) is 12.1 Å². The second-order valence-electron chi connectivity index (χ2n) is 5.52. The van der Waals surface area contributed by atoms with E-state index in [1.807, 2.05) is 0 Å². The molecule has 0 radical (unpaired) electrons. The Morgan fingerprint density at radius 2 is 2.00 bits per heavy atom. The Balaban J connectivity index is 0.00000264. The summed E-state index contributed by atoms with van der Waals surface area (Å²) in [5.74, 6) is 0.117. The van der Waals surface area contributed by atoms with Gasteiger partial charge in [-0.15, -0.1) is 0 Å². The van der Waals surface area contributed by atoms with Crippen molar-refractivity contribution in [3.05, 3.63) is 29.8 Å². The fourth-order valence-corrected chi connectivity index (χ4v) is 3.39. The summed E-state index contributed by atoms with van der Waals surface area (Å²) in [6.45, 7) is 1.42. The number of rotatable bonds is 5. The molecule has 0 bridgehead atoms. The molecule has 4 nitrogen and oxygen atoms in total. The highest BCUT2D eigenvalue weighted by Gasteiger charge is 2.31. The SMILES string of the molecule is CS(=O)(=O)C[C@@H](Oc1ccc(C(F)(F)F)cc1)[C@H]1CCNC1.[HH]. The maximum atomic E-state index is 12.5. The zero-order valence-electron chi connectivity index (χ0n) is 12.1. The number of nitrogens with one attached hydrogen (secondary N) is 1. The van der Waals surface area contributed by atoms with E-state index in [4.69, 9.17) is 4.74 Å². The van der Waals surface area contributed by atoms with Crippen molar-refractivity contribution >= 4 is 9.84 Å². The van der Waals surface area contributed by atoms with Crippen LogP contribution in [0.4, 0.5) is 13.2 Å². The highest BCUT2D eigenvalue weighted by molar-refractivity contribution is 7.90. The van der Waals surface area contributed by atoms with Gasteiger partial charge in [0, 0.05) is 20.1 Å². The third kappa shape index (κ3) is 4.88. The number of hydrogen-bond acceptors (Lipinski definition) is 4. The van der Waals surface area contributed by atoms with Gasteiger partial charge in [0.15, 0.2) is 9.84 Å². The molecule has 0 amide bonds. The van der Waals surface area contributed by atoms with E-state index >= 15 is 0 Å². The fourth-order valence-electron chi connectivity index (χ4n) is 2.46. The minimum absolute atomic E-state index is 0. The van der Waals surface area contributed by atoms with Crippen molar-refractivity contribution < 1.29 is 27.8 Å². The molecular weight excluding hydrogens is 319 g/mol. The maximum absolute atomic E-state index is 12.5. The third-order valence-electron chi connectivity index (χ3n) is 3.56. The number of ether oxygens (including phenoxy) is 1. The average molecular weight is 339 g/mol. The Bertz CT molecular complexity index is 599. The van der Waals surface area contributed by atoms with E-state index < -0.39 is 27.7 Å². The van der Waals surface area contributed by atoms with Crippen LogP contribution in [0.25, 0.3) is 0 Å². The van der Waals surface area contributed by atoms with Gasteiger partial charge in [0.1, 0.15) is 11.9 Å². The second-order valence-corrected chi connectivity index (χ2v) is 7.71. The van der Waals surface area contributed by atoms with Crippen LogP contribution in [0.2, 0.25) is 0 Å². The number of halogens is 3. The molecule has 0 unspecified atom stereocenters. The molecule has 2 rings (SSSR count). The molecule has 8 heteroatoms. The lowest BCUT2D eigenvalue weighted by atomic mass is 10.0. The highest BCUT2D eigenvalue weighted by Crippen LogP contribution is 2.31. The van der Waals surface area contributed by atoms with E-state index in [2.05, 4.69) is 5.32 Å². The van der Waals surface area contributed by atoms with Crippen LogP contribution in [-0.4, -0.2) is 39.6 Å². The molecule has 0 saturated carbocycles. The van der Waals surface area contributed by atoms with E-state index in [0.717, 1.165) is 31.4 Å². The Morgan fingerprint density at radius 3 is 2.45 bits per heavy atom. The summed E-state index contributed by atoms with van der Waals surface area (Å²) in [5.41, 5.74) is -0.762. The van der Waals surface area contributed by atoms with Crippen molar-refractivity contribution in [3.63, 3.8) is 0 Å². The van der Waals surface area contributed by atoms with Gasteiger partial charge in [-0.1, -0.05) is 0 Å². The van der Waals surface area contributed by atoms with Gasteiger partial charge in [-0.05, 0) is 37.2 Å². The van der Waals surface area contributed by atoms with E-state index in [9.17, 15) is 21.6 Å². The molecule has 1 fully saturated rings. The zero-order chi connectivity index (χ0) is 16.4. The number of sulfone groups is 1. The van der Waals surface area contributed by atoms with E-state index in [1.54, 1.807) is 0 Å². The predicted octanol–water partition coefficient (Wildman–Crippen LogP) is 2.35. The van der Waals surface area contributed by atoms with Crippen LogP contribution in [0.3, 0.4) is 0 Å². The lowest BCUT2D eigenvalue weighted by molar-refractivity contribution is -0.137. The third-order valence-corrected chi connectivity index (χ3v) is 4.49. The molecule has 0 spiro atoms. The number of benzene rings is 1. The highest BCUT2D eigenvalue weighted by atomic mass is 32.2. The van der Waals surface area contributed by atoms with Crippen molar-refractivity contribution in [1.29, 1.82) is 0 Å². The van der Waals surface area contributed by atoms with Crippen LogP contribution >= 0.6 is 0 Å². The lowest BCUT2D eigenvalue weighted by Gasteiger charge is -2.24. The van der Waals surface area contributed by atoms with Crippen LogP contribution in [0, 0.1) is 5.92 Å². The molecule has 1 aliphatic heterocycles. The number of alkyl halides is 3. The molecule has 22 heavy (non-hydrogen) atoms. The molecule has 1 heterocycles. The molecule has 1 saturated heterocycles. The van der Waals surface area contributed by atoms with Gasteiger partial charge >= 0.3 is 6.18 Å². The summed E-state index contributed by atoms with van der Waals surface area (Å²) in [4.78, 5) is 0. The minimum Gasteiger partial charge on any atom is -0.489 e. The van der Waals surface area contributed by atoms with Gasteiger partial charge in [0.25, 0.3) is 0 Å². The molecule has 1 N–H and O–H groups in total. The molecule has 1 aromatic rings. The monoisotopic (exact) mass is 339 g/mol. The Hall–Kier alpha value is -1.28. The largest absolute Gasteiger partial charge is 0.489 e. The molecule has 0 aliphatic carbocycles. The quantitative estimate of drug-likeness (QED) is 0.895. The normalized spacial score (nSPS) is 20.8. The Labute approximate surface area is 129 Å². The predicted molar refractivity (Wildman–Crippen MR) is 78.7 cm³/mol. The Morgan fingerprint density at radius 1 is 1.36 bits per heavy atom. The van der Waals surface area contributed by atoms with Crippen molar-refractivity contribution in [3.8, 4) is 5.75 Å². The summed E-state index contributed by atoms with van der Waals surface area (Å²) >= 11 is 0. The van der Waals surface area contributed by atoms with Gasteiger partial charge in [-0.2, -0.15) is 13.2 Å². The van der Waals surface area contributed by atoms with E-state index in [0.29, 0.717) is 6.54 Å². The Kier molecular flexibility index (Phi) is 5.01. The minimum atomic E-state index is -4.40. The standard InChI is InChI=1S/C14H18F3NO3S.H2/c1-22(19,20)9-13(10-6-7-18-8-10)21-12-4-2-11(3-5-12)14(15,16)17;/h2-5,10,13,18H,6-9H2,1H3;1H/t10-,13+;/m0./s1. The number of hydrogen-bond donors (Lipinski definition) is 1. The van der Waals surface area contributed by atoms with Crippen LogP contribution in [0.15, 0.2) is 24.3 Å². The molecule has 126 valence electrons. The molecule has 1 aromatic carbocycles. The maximum Gasteiger partial charge on any atom is 0.416 e. The molecule has 0 aromatic heterocycles. The summed E-state index contributed by atoms with van der Waals surface area (Å²) in [7, 11) is -3.25. The van der Waals surface area contributed by atoms with Crippen molar-refractivity contribution in [2.24, 2.45) is 5.92 Å². The lowest BCUT2D eigenvalue weighted by Crippen LogP contribution is -2.35. The van der Waals surface area contributed by atoms with Crippen molar-refractivity contribution in [1.82, 2.24) is 5.32 Å². The summed E-state index contributed by atoms with van der Waals surface area (Å²) in [6.07, 6.45) is -3.07. The molecule has 1 aliphatic rings. The molecular formula is C14H20F3NO3S. The zero-order valence-corrected chi connectivity index (χ0v) is 12.9. The fraction of sp³-hybridized carbons (Fsp3) is 0.571. The van der Waals surface area contributed by atoms with Gasteiger partial charge in [0.2, 0.25) is 0 Å². The summed E-state index contributed by atoms with van der Waals surface area (Å²) in [5, 5.41) is 3.13. The van der Waals surface area contributed by atoms with Crippen LogP contribution in [0.5, 0.6) is 5.75 Å². The van der Waals surface area contributed by atoms with Crippen molar-refractivity contribution in [2.45, 2.75) is 18.7 Å². The van der Waals surface area contributed by atoms with E-state index in [-0.39, 0.29) is 18.8 Å². The van der Waals surface area contributed by atoms with Crippen LogP contribution < -0.4 is 10.1 Å². The first-order valence-corrected chi connectivity index (χ1v) is 8.93. The van der Waals surface area contributed by atoms with Crippen molar-refractivity contribution in [2.75, 3.05) is 25.1 Å². The molecule has 2 atom stereocenters. The van der Waals surface area contributed by atoms with Crippen LogP contribution in [0.1, 0.15) is 13.4 Å². The summed E-state index contributed by atoms with van der Waals surface area (Å²) < 4.78 is 66.3. The van der Waals surface area contributed by atoms with Gasteiger partial charge in [-0.25, -0.2) is 8.42 Å². The summed E-state index contributed by atoms with van der Waals surface area (Å²) in [6, 6.07) is 4.31. The topological polar surface area (TPSA) is 55.4 Å². The van der Waals surface area contributed by atoms with Gasteiger partial charge < -0.3 is 10.1 Å². The average Bonchev–Trinajstić information content (AvgIpc) is 2.89. The first-order valence-electron chi connectivity index (χ1n) is 6.87. The van der Waals surface area contributed by atoms with Crippen LogP contribution in [-0.2, 0) is 16.0 Å². The first-order chi connectivity index (χ1) is 10.1. The first kappa shape index (κ1) is 17.1. The second kappa shape index (κ2) is 6.45. The smallest absolute Gasteiger partial charge is 0.416 e. The van der Waals surface area contributed by atoms with Gasteiger partial charge in [0.05, 0.1) is 11.3 Å².